The van der Waals surface area contributed by atoms with Crippen LogP contribution in [-0.2, 0) is 13.0 Å². The smallest absolute Gasteiger partial charge is 0.122 e. The van der Waals surface area contributed by atoms with Crippen LogP contribution in [0.3, 0.4) is 0 Å². The van der Waals surface area contributed by atoms with Gasteiger partial charge in [0.25, 0.3) is 0 Å². The Bertz CT molecular complexity index is 578. The molecule has 2 heterocycles. The Kier molecular flexibility index (Phi) is 4.27. The van der Waals surface area contributed by atoms with Gasteiger partial charge in [0.2, 0.25) is 0 Å². The molecule has 0 saturated carbocycles. The van der Waals surface area contributed by atoms with E-state index in [4.69, 9.17) is 4.42 Å². The maximum Gasteiger partial charge on any atom is 0.122 e. The second kappa shape index (κ2) is 6.33. The molecule has 0 aliphatic carbocycles. The third kappa shape index (κ3) is 3.12. The molecule has 1 aliphatic rings. The van der Waals surface area contributed by atoms with Gasteiger partial charge in [-0.3, -0.25) is 4.90 Å². The molecular weight excluding hydrogens is 262 g/mol. The molecule has 0 amide bonds. The van der Waals surface area contributed by atoms with Crippen LogP contribution in [0.15, 0.2) is 41.0 Å². The molecule has 1 aromatic carbocycles. The Labute approximate surface area is 126 Å². The Morgan fingerprint density at radius 1 is 1.29 bits per heavy atom. The van der Waals surface area contributed by atoms with Crippen LogP contribution in [0.1, 0.15) is 22.9 Å². The first-order chi connectivity index (χ1) is 10.3. The lowest BCUT2D eigenvalue weighted by molar-refractivity contribution is 0.250. The van der Waals surface area contributed by atoms with Crippen molar-refractivity contribution >= 4 is 5.69 Å². The van der Waals surface area contributed by atoms with E-state index < -0.39 is 0 Å². The van der Waals surface area contributed by atoms with Crippen LogP contribution < -0.4 is 10.6 Å². The van der Waals surface area contributed by atoms with Crippen molar-refractivity contribution < 1.29 is 4.42 Å². The van der Waals surface area contributed by atoms with Gasteiger partial charge in [0.05, 0.1) is 12.3 Å². The molecule has 3 rings (SSSR count). The van der Waals surface area contributed by atoms with E-state index in [-0.39, 0.29) is 6.04 Å². The first kappa shape index (κ1) is 14.2. The van der Waals surface area contributed by atoms with Gasteiger partial charge in [0.15, 0.2) is 0 Å². The highest BCUT2D eigenvalue weighted by molar-refractivity contribution is 5.61. The third-order valence-electron chi connectivity index (χ3n) is 4.08. The topological polar surface area (TPSA) is 40.4 Å². The fourth-order valence-corrected chi connectivity index (χ4v) is 2.92. The Morgan fingerprint density at radius 2 is 2.19 bits per heavy atom. The number of furan rings is 1. The van der Waals surface area contributed by atoms with Crippen LogP contribution in [0.25, 0.3) is 0 Å². The zero-order valence-corrected chi connectivity index (χ0v) is 12.7. The molecule has 1 unspecified atom stereocenters. The number of nitrogens with zero attached hydrogens (tertiary/aromatic N) is 1. The number of hydrogen-bond acceptors (Lipinski definition) is 4. The molecule has 21 heavy (non-hydrogen) atoms. The minimum Gasteiger partial charge on any atom is -0.468 e. The molecule has 112 valence electrons. The Balaban J connectivity index is 1.62. The first-order valence-electron chi connectivity index (χ1n) is 7.51. The fraction of sp³-hybridized carbons (Fsp3) is 0.412. The minimum absolute atomic E-state index is 0.254. The van der Waals surface area contributed by atoms with Crippen molar-refractivity contribution in [3.05, 3.63) is 53.5 Å². The van der Waals surface area contributed by atoms with E-state index in [9.17, 15) is 0 Å². The summed E-state index contributed by atoms with van der Waals surface area (Å²) in [5.41, 5.74) is 4.11. The van der Waals surface area contributed by atoms with Gasteiger partial charge < -0.3 is 15.1 Å². The van der Waals surface area contributed by atoms with E-state index in [1.165, 1.54) is 16.8 Å². The molecule has 2 N–H and O–H groups in total. The lowest BCUT2D eigenvalue weighted by Gasteiger charge is -2.23. The SMILES string of the molecule is CN(C)C(CNCc1cccc2c1NCC2)c1ccco1. The van der Waals surface area contributed by atoms with Crippen molar-refractivity contribution in [2.45, 2.75) is 19.0 Å². The van der Waals surface area contributed by atoms with Crippen molar-refractivity contribution in [1.29, 1.82) is 0 Å². The van der Waals surface area contributed by atoms with E-state index in [0.29, 0.717) is 0 Å². The quantitative estimate of drug-likeness (QED) is 0.856. The lowest BCUT2D eigenvalue weighted by Crippen LogP contribution is -2.30. The predicted molar refractivity (Wildman–Crippen MR) is 85.5 cm³/mol. The zero-order chi connectivity index (χ0) is 14.7. The summed E-state index contributed by atoms with van der Waals surface area (Å²) in [6.07, 6.45) is 2.87. The van der Waals surface area contributed by atoms with E-state index in [2.05, 4.69) is 47.8 Å². The van der Waals surface area contributed by atoms with Crippen LogP contribution >= 0.6 is 0 Å². The summed E-state index contributed by atoms with van der Waals surface area (Å²) in [5, 5.41) is 7.05. The van der Waals surface area contributed by atoms with Crippen molar-refractivity contribution in [2.75, 3.05) is 32.5 Å². The summed E-state index contributed by atoms with van der Waals surface area (Å²) in [5.74, 6) is 1.00. The largest absolute Gasteiger partial charge is 0.468 e. The van der Waals surface area contributed by atoms with Gasteiger partial charge in [0.1, 0.15) is 5.76 Å². The molecule has 0 spiro atoms. The van der Waals surface area contributed by atoms with Crippen LogP contribution in [-0.4, -0.2) is 32.1 Å². The molecule has 4 heteroatoms. The average molecular weight is 285 g/mol. The maximum absolute atomic E-state index is 5.54. The van der Waals surface area contributed by atoms with Crippen molar-refractivity contribution in [3.63, 3.8) is 0 Å². The first-order valence-corrected chi connectivity index (χ1v) is 7.51. The summed E-state index contributed by atoms with van der Waals surface area (Å²) in [6, 6.07) is 10.8. The van der Waals surface area contributed by atoms with Crippen molar-refractivity contribution in [3.8, 4) is 0 Å². The summed E-state index contributed by atoms with van der Waals surface area (Å²) < 4.78 is 5.54. The number of para-hydroxylation sites is 1. The van der Waals surface area contributed by atoms with Crippen LogP contribution in [0.5, 0.6) is 0 Å². The average Bonchev–Trinajstić information content (AvgIpc) is 3.14. The van der Waals surface area contributed by atoms with Gasteiger partial charge in [-0.05, 0) is 43.8 Å². The molecule has 1 aromatic heterocycles. The van der Waals surface area contributed by atoms with E-state index in [1.54, 1.807) is 6.26 Å². The molecule has 0 radical (unpaired) electrons. The number of benzene rings is 1. The second-order valence-electron chi connectivity index (χ2n) is 5.75. The number of hydrogen-bond donors (Lipinski definition) is 2. The monoisotopic (exact) mass is 285 g/mol. The van der Waals surface area contributed by atoms with Gasteiger partial charge in [-0.1, -0.05) is 18.2 Å². The highest BCUT2D eigenvalue weighted by atomic mass is 16.3. The van der Waals surface area contributed by atoms with Crippen molar-refractivity contribution in [2.24, 2.45) is 0 Å². The van der Waals surface area contributed by atoms with E-state index >= 15 is 0 Å². The number of nitrogens with one attached hydrogen (secondary N) is 2. The highest BCUT2D eigenvalue weighted by Crippen LogP contribution is 2.26. The molecule has 0 saturated heterocycles. The summed E-state index contributed by atoms with van der Waals surface area (Å²) in [7, 11) is 4.16. The molecule has 0 bridgehead atoms. The standard InChI is InChI=1S/C17H23N3O/c1-20(2)15(16-7-4-10-21-16)12-18-11-14-6-3-5-13-8-9-19-17(13)14/h3-7,10,15,18-19H,8-9,11-12H2,1-2H3. The molecule has 2 aromatic rings. The Hall–Kier alpha value is -1.78. The number of anilines is 1. The summed E-state index contributed by atoms with van der Waals surface area (Å²) >= 11 is 0. The molecular formula is C17H23N3O. The minimum atomic E-state index is 0.254. The normalized spacial score (nSPS) is 15.0. The third-order valence-corrected chi connectivity index (χ3v) is 4.08. The summed E-state index contributed by atoms with van der Waals surface area (Å²) in [6.45, 7) is 2.80. The van der Waals surface area contributed by atoms with Gasteiger partial charge in [0, 0.05) is 25.3 Å². The number of rotatable bonds is 6. The Morgan fingerprint density at radius 3 is 2.95 bits per heavy atom. The van der Waals surface area contributed by atoms with E-state index in [1.807, 2.05) is 12.1 Å². The lowest BCUT2D eigenvalue weighted by atomic mass is 10.1. The van der Waals surface area contributed by atoms with Gasteiger partial charge in [-0.25, -0.2) is 0 Å². The van der Waals surface area contributed by atoms with Crippen LogP contribution in [0.4, 0.5) is 5.69 Å². The molecule has 1 aliphatic heterocycles. The number of fused-ring (bicyclic) bond motifs is 1. The fourth-order valence-electron chi connectivity index (χ4n) is 2.92. The van der Waals surface area contributed by atoms with Gasteiger partial charge in [-0.15, -0.1) is 0 Å². The van der Waals surface area contributed by atoms with Crippen LogP contribution in [0.2, 0.25) is 0 Å². The van der Waals surface area contributed by atoms with Gasteiger partial charge in [-0.2, -0.15) is 0 Å². The molecule has 1 atom stereocenters. The maximum atomic E-state index is 5.54. The van der Waals surface area contributed by atoms with Crippen LogP contribution in [0, 0.1) is 0 Å². The van der Waals surface area contributed by atoms with Crippen molar-refractivity contribution in [1.82, 2.24) is 10.2 Å². The van der Waals surface area contributed by atoms with E-state index in [0.717, 1.165) is 31.8 Å². The zero-order valence-electron chi connectivity index (χ0n) is 12.7. The summed E-state index contributed by atoms with van der Waals surface area (Å²) in [4.78, 5) is 2.18. The van der Waals surface area contributed by atoms with Gasteiger partial charge >= 0.3 is 0 Å². The highest BCUT2D eigenvalue weighted by Gasteiger charge is 2.17. The second-order valence-corrected chi connectivity index (χ2v) is 5.75. The predicted octanol–water partition coefficient (Wildman–Crippen LogP) is 2.64. The number of likely N-dealkylation sites (N-methyl/N-ethyl adjacent to an activating group) is 1. The molecule has 0 fully saturated rings. The molecule has 4 nitrogen and oxygen atoms in total.